The zero-order valence-corrected chi connectivity index (χ0v) is 9.64. The van der Waals surface area contributed by atoms with Crippen LogP contribution in [0.5, 0.6) is 0 Å². The first-order chi connectivity index (χ1) is 6.72. The summed E-state index contributed by atoms with van der Waals surface area (Å²) in [5.74, 6) is 0.724. The van der Waals surface area contributed by atoms with E-state index in [0.29, 0.717) is 6.00 Å². The lowest BCUT2D eigenvalue weighted by Gasteiger charge is -2.06. The SMILES string of the molecule is CC(C)Cc1ccc(CNCCl)cc1. The van der Waals surface area contributed by atoms with E-state index >= 15 is 0 Å². The fourth-order valence-electron chi connectivity index (χ4n) is 1.46. The lowest BCUT2D eigenvalue weighted by atomic mass is 10.0. The fourth-order valence-corrected chi connectivity index (χ4v) is 1.55. The van der Waals surface area contributed by atoms with Crippen molar-refractivity contribution in [1.82, 2.24) is 5.32 Å². The third kappa shape index (κ3) is 4.12. The van der Waals surface area contributed by atoms with E-state index in [-0.39, 0.29) is 0 Å². The summed E-state index contributed by atoms with van der Waals surface area (Å²) in [6, 6.07) is 9.23. The van der Waals surface area contributed by atoms with Gasteiger partial charge in [-0.1, -0.05) is 38.1 Å². The number of halogens is 1. The van der Waals surface area contributed by atoms with E-state index in [1.54, 1.807) is 0 Å². The standard InChI is InChI=1S/C12H18ClN/c1-10(2)7-11-3-5-12(6-4-11)8-14-9-13/h3-6,10,14H,7-9H2,1-2H3. The molecule has 0 bridgehead atoms. The maximum absolute atomic E-state index is 5.54. The quantitative estimate of drug-likeness (QED) is 0.583. The Balaban J connectivity index is 2.50. The van der Waals surface area contributed by atoms with Gasteiger partial charge in [0, 0.05) is 6.54 Å². The van der Waals surface area contributed by atoms with Gasteiger partial charge in [0.15, 0.2) is 0 Å². The van der Waals surface area contributed by atoms with Gasteiger partial charge in [0.1, 0.15) is 0 Å². The minimum absolute atomic E-state index is 0.508. The lowest BCUT2D eigenvalue weighted by molar-refractivity contribution is 0.647. The van der Waals surface area contributed by atoms with Gasteiger partial charge in [0.05, 0.1) is 6.00 Å². The summed E-state index contributed by atoms with van der Waals surface area (Å²) in [5.41, 5.74) is 2.70. The molecule has 14 heavy (non-hydrogen) atoms. The van der Waals surface area contributed by atoms with Crippen molar-refractivity contribution in [2.75, 3.05) is 6.00 Å². The molecule has 2 heteroatoms. The lowest BCUT2D eigenvalue weighted by Crippen LogP contribution is -2.09. The molecule has 0 aromatic heterocycles. The highest BCUT2D eigenvalue weighted by Gasteiger charge is 1.97. The largest absolute Gasteiger partial charge is 0.300 e. The zero-order valence-electron chi connectivity index (χ0n) is 8.89. The van der Waals surface area contributed by atoms with E-state index < -0.39 is 0 Å². The summed E-state index contributed by atoms with van der Waals surface area (Å²) in [7, 11) is 0. The number of nitrogens with one attached hydrogen (secondary N) is 1. The molecule has 1 nitrogen and oxygen atoms in total. The molecule has 0 atom stereocenters. The van der Waals surface area contributed by atoms with Gasteiger partial charge in [-0.15, -0.1) is 11.6 Å². The molecule has 0 aliphatic rings. The molecule has 0 amide bonds. The van der Waals surface area contributed by atoms with Crippen LogP contribution in [0, 0.1) is 5.92 Å². The maximum atomic E-state index is 5.54. The first-order valence-electron chi connectivity index (χ1n) is 5.07. The van der Waals surface area contributed by atoms with Gasteiger partial charge in [-0.3, -0.25) is 5.32 Å². The van der Waals surface area contributed by atoms with Crippen LogP contribution in [0.1, 0.15) is 25.0 Å². The molecule has 1 rings (SSSR count). The van der Waals surface area contributed by atoms with Crippen molar-refractivity contribution < 1.29 is 0 Å². The minimum atomic E-state index is 0.508. The second kappa shape index (κ2) is 6.05. The molecule has 0 aliphatic heterocycles. The first kappa shape index (κ1) is 11.5. The highest BCUT2D eigenvalue weighted by atomic mass is 35.5. The van der Waals surface area contributed by atoms with Gasteiger partial charge < -0.3 is 0 Å². The van der Waals surface area contributed by atoms with Crippen molar-refractivity contribution in [3.63, 3.8) is 0 Å². The number of alkyl halides is 1. The third-order valence-corrected chi connectivity index (χ3v) is 2.28. The normalized spacial score (nSPS) is 10.9. The highest BCUT2D eigenvalue weighted by molar-refractivity contribution is 6.17. The summed E-state index contributed by atoms with van der Waals surface area (Å²) >= 11 is 5.54. The average molecular weight is 212 g/mol. The summed E-state index contributed by atoms with van der Waals surface area (Å²) < 4.78 is 0. The predicted molar refractivity (Wildman–Crippen MR) is 62.5 cm³/mol. The summed E-state index contributed by atoms with van der Waals surface area (Å²) in [5, 5.41) is 3.09. The molecule has 78 valence electrons. The Hall–Kier alpha value is -0.530. The van der Waals surface area contributed by atoms with Gasteiger partial charge in [-0.05, 0) is 23.5 Å². The molecule has 0 aliphatic carbocycles. The van der Waals surface area contributed by atoms with Gasteiger partial charge in [-0.2, -0.15) is 0 Å². The molecular formula is C12H18ClN. The Kier molecular flexibility index (Phi) is 4.99. The van der Waals surface area contributed by atoms with E-state index in [1.165, 1.54) is 11.1 Å². The van der Waals surface area contributed by atoms with E-state index in [9.17, 15) is 0 Å². The molecule has 0 saturated heterocycles. The molecular weight excluding hydrogens is 194 g/mol. The number of hydrogen-bond donors (Lipinski definition) is 1. The molecule has 0 heterocycles. The predicted octanol–water partition coefficient (Wildman–Crippen LogP) is 3.17. The third-order valence-electron chi connectivity index (χ3n) is 2.09. The zero-order chi connectivity index (χ0) is 10.4. The Morgan fingerprint density at radius 1 is 1.14 bits per heavy atom. The van der Waals surface area contributed by atoms with Crippen LogP contribution in [0.3, 0.4) is 0 Å². The fraction of sp³-hybridized carbons (Fsp3) is 0.500. The van der Waals surface area contributed by atoms with Crippen LogP contribution in [-0.2, 0) is 13.0 Å². The molecule has 0 fully saturated rings. The number of benzene rings is 1. The maximum Gasteiger partial charge on any atom is 0.0716 e. The summed E-state index contributed by atoms with van der Waals surface area (Å²) in [6.45, 7) is 5.33. The van der Waals surface area contributed by atoms with Gasteiger partial charge >= 0.3 is 0 Å². The molecule has 0 unspecified atom stereocenters. The van der Waals surface area contributed by atoms with Crippen LogP contribution >= 0.6 is 11.6 Å². The Labute approximate surface area is 91.5 Å². The van der Waals surface area contributed by atoms with E-state index in [4.69, 9.17) is 11.6 Å². The molecule has 1 N–H and O–H groups in total. The van der Waals surface area contributed by atoms with E-state index in [2.05, 4.69) is 43.4 Å². The Morgan fingerprint density at radius 2 is 1.71 bits per heavy atom. The topological polar surface area (TPSA) is 12.0 Å². The van der Waals surface area contributed by atoms with Crippen LogP contribution in [0.25, 0.3) is 0 Å². The van der Waals surface area contributed by atoms with Gasteiger partial charge in [-0.25, -0.2) is 0 Å². The van der Waals surface area contributed by atoms with Crippen molar-refractivity contribution in [3.05, 3.63) is 35.4 Å². The molecule has 0 radical (unpaired) electrons. The summed E-state index contributed by atoms with van der Waals surface area (Å²) in [6.07, 6.45) is 1.16. The number of hydrogen-bond acceptors (Lipinski definition) is 1. The van der Waals surface area contributed by atoms with Crippen molar-refractivity contribution in [3.8, 4) is 0 Å². The van der Waals surface area contributed by atoms with Crippen LogP contribution < -0.4 is 5.32 Å². The molecule has 0 spiro atoms. The second-order valence-electron chi connectivity index (χ2n) is 3.97. The van der Waals surface area contributed by atoms with Crippen LogP contribution in [0.15, 0.2) is 24.3 Å². The van der Waals surface area contributed by atoms with Crippen LogP contribution in [-0.4, -0.2) is 6.00 Å². The molecule has 1 aromatic rings. The number of rotatable bonds is 5. The van der Waals surface area contributed by atoms with E-state index in [1.807, 2.05) is 0 Å². The Bertz CT molecular complexity index is 254. The Morgan fingerprint density at radius 3 is 2.21 bits per heavy atom. The average Bonchev–Trinajstić information content (AvgIpc) is 2.16. The second-order valence-corrected chi connectivity index (χ2v) is 4.24. The van der Waals surface area contributed by atoms with Crippen LogP contribution in [0.2, 0.25) is 0 Å². The van der Waals surface area contributed by atoms with Gasteiger partial charge in [0.25, 0.3) is 0 Å². The molecule has 0 saturated carbocycles. The van der Waals surface area contributed by atoms with Crippen molar-refractivity contribution >= 4 is 11.6 Å². The van der Waals surface area contributed by atoms with Crippen molar-refractivity contribution in [2.24, 2.45) is 5.92 Å². The summed E-state index contributed by atoms with van der Waals surface area (Å²) in [4.78, 5) is 0. The minimum Gasteiger partial charge on any atom is -0.300 e. The van der Waals surface area contributed by atoms with Crippen molar-refractivity contribution in [2.45, 2.75) is 26.8 Å². The van der Waals surface area contributed by atoms with Crippen LogP contribution in [0.4, 0.5) is 0 Å². The monoisotopic (exact) mass is 211 g/mol. The smallest absolute Gasteiger partial charge is 0.0716 e. The van der Waals surface area contributed by atoms with Crippen molar-refractivity contribution in [1.29, 1.82) is 0 Å². The highest BCUT2D eigenvalue weighted by Crippen LogP contribution is 2.09. The first-order valence-corrected chi connectivity index (χ1v) is 5.60. The van der Waals surface area contributed by atoms with Gasteiger partial charge in [0.2, 0.25) is 0 Å². The van der Waals surface area contributed by atoms with E-state index in [0.717, 1.165) is 18.9 Å². The molecule has 1 aromatic carbocycles.